The van der Waals surface area contributed by atoms with E-state index in [9.17, 15) is 14.9 Å². The maximum absolute atomic E-state index is 12.6. The lowest BCUT2D eigenvalue weighted by atomic mass is 10.1. The number of anilines is 1. The molecule has 0 atom stereocenters. The van der Waals surface area contributed by atoms with Crippen molar-refractivity contribution in [3.63, 3.8) is 0 Å². The lowest BCUT2D eigenvalue weighted by molar-refractivity contribution is -0.384. The Hall–Kier alpha value is -2.83. The summed E-state index contributed by atoms with van der Waals surface area (Å²) in [6.45, 7) is 3.37. The Morgan fingerprint density at radius 2 is 1.74 bits per heavy atom. The largest absolute Gasteiger partial charge is 0.461 e. The average molecular weight is 405 g/mol. The smallest absolute Gasteiger partial charge is 0.293 e. The Morgan fingerprint density at radius 1 is 1.07 bits per heavy atom. The second kappa shape index (κ2) is 7.42. The number of nitrogens with one attached hydrogen (secondary N) is 1. The van der Waals surface area contributed by atoms with Gasteiger partial charge in [-0.1, -0.05) is 29.3 Å². The van der Waals surface area contributed by atoms with Crippen LogP contribution < -0.4 is 5.32 Å². The van der Waals surface area contributed by atoms with Crippen LogP contribution in [0.1, 0.15) is 21.7 Å². The molecule has 138 valence electrons. The number of aryl methyl sites for hydroxylation is 2. The van der Waals surface area contributed by atoms with Crippen LogP contribution in [0.2, 0.25) is 10.0 Å². The highest BCUT2D eigenvalue weighted by Crippen LogP contribution is 2.31. The molecule has 1 amide bonds. The van der Waals surface area contributed by atoms with Crippen LogP contribution in [0.5, 0.6) is 0 Å². The van der Waals surface area contributed by atoms with Crippen LogP contribution in [-0.4, -0.2) is 10.8 Å². The lowest BCUT2D eigenvalue weighted by Gasteiger charge is -2.06. The van der Waals surface area contributed by atoms with Crippen molar-refractivity contribution in [3.05, 3.63) is 79.5 Å². The molecule has 0 saturated heterocycles. The third-order valence-electron chi connectivity index (χ3n) is 3.91. The molecule has 3 aromatic rings. The number of furan rings is 1. The Labute approximate surface area is 164 Å². The standard InChI is InChI=1S/C19H14Cl2N2O4/c1-10-3-4-16(17(5-10)23(25)26)22-19(24)15-9-18(27-11(15)2)12-6-13(20)8-14(21)7-12/h3-9H,1-2H3,(H,22,24). The SMILES string of the molecule is Cc1ccc(NC(=O)c2cc(-c3cc(Cl)cc(Cl)c3)oc2C)c([N+](=O)[O-])c1. The Balaban J connectivity index is 1.93. The first kappa shape index (κ1) is 18.9. The molecule has 0 aliphatic rings. The van der Waals surface area contributed by atoms with Gasteiger partial charge >= 0.3 is 0 Å². The van der Waals surface area contributed by atoms with Gasteiger partial charge in [0.15, 0.2) is 0 Å². The maximum atomic E-state index is 12.6. The van der Waals surface area contributed by atoms with Gasteiger partial charge in [-0.05, 0) is 49.7 Å². The summed E-state index contributed by atoms with van der Waals surface area (Å²) in [5, 5.41) is 14.7. The van der Waals surface area contributed by atoms with E-state index in [-0.39, 0.29) is 16.9 Å². The lowest BCUT2D eigenvalue weighted by Crippen LogP contribution is -2.13. The molecule has 0 radical (unpaired) electrons. The number of nitro groups is 1. The van der Waals surface area contributed by atoms with E-state index in [2.05, 4.69) is 5.32 Å². The molecule has 0 saturated carbocycles. The van der Waals surface area contributed by atoms with Crippen molar-refractivity contribution in [2.45, 2.75) is 13.8 Å². The van der Waals surface area contributed by atoms with Crippen LogP contribution in [0, 0.1) is 24.0 Å². The first-order valence-corrected chi connectivity index (χ1v) is 8.63. The molecule has 0 spiro atoms. The highest BCUT2D eigenvalue weighted by molar-refractivity contribution is 6.35. The molecule has 0 aliphatic heterocycles. The molecule has 0 aliphatic carbocycles. The molecule has 1 aromatic heterocycles. The summed E-state index contributed by atoms with van der Waals surface area (Å²) in [5.74, 6) is 0.274. The molecule has 0 fully saturated rings. The average Bonchev–Trinajstić information content (AvgIpc) is 2.97. The van der Waals surface area contributed by atoms with E-state index in [0.29, 0.717) is 27.1 Å². The third-order valence-corrected chi connectivity index (χ3v) is 4.34. The van der Waals surface area contributed by atoms with E-state index in [1.54, 1.807) is 44.2 Å². The molecule has 1 heterocycles. The number of nitro benzene ring substituents is 1. The molecule has 27 heavy (non-hydrogen) atoms. The number of hydrogen-bond acceptors (Lipinski definition) is 4. The molecule has 0 unspecified atom stereocenters. The number of nitrogens with zero attached hydrogens (tertiary/aromatic N) is 1. The van der Waals surface area contributed by atoms with Gasteiger partial charge in [-0.2, -0.15) is 0 Å². The fourth-order valence-corrected chi connectivity index (χ4v) is 3.16. The van der Waals surface area contributed by atoms with Crippen molar-refractivity contribution in [1.82, 2.24) is 0 Å². The molecular weight excluding hydrogens is 391 g/mol. The van der Waals surface area contributed by atoms with E-state index >= 15 is 0 Å². The zero-order valence-electron chi connectivity index (χ0n) is 14.4. The van der Waals surface area contributed by atoms with E-state index in [0.717, 1.165) is 5.56 Å². The molecule has 6 nitrogen and oxygen atoms in total. The topological polar surface area (TPSA) is 85.4 Å². The summed E-state index contributed by atoms with van der Waals surface area (Å²) in [7, 11) is 0. The number of rotatable bonds is 4. The number of hydrogen-bond donors (Lipinski definition) is 1. The van der Waals surface area contributed by atoms with Crippen molar-refractivity contribution in [3.8, 4) is 11.3 Å². The van der Waals surface area contributed by atoms with Crippen LogP contribution in [-0.2, 0) is 0 Å². The summed E-state index contributed by atoms with van der Waals surface area (Å²) in [6, 6.07) is 11.1. The van der Waals surface area contributed by atoms with Gasteiger partial charge in [0.05, 0.1) is 10.5 Å². The summed E-state index contributed by atoms with van der Waals surface area (Å²) in [6.07, 6.45) is 0. The van der Waals surface area contributed by atoms with E-state index in [1.807, 2.05) is 0 Å². The Morgan fingerprint density at radius 3 is 2.37 bits per heavy atom. The van der Waals surface area contributed by atoms with Gasteiger partial charge in [0.25, 0.3) is 11.6 Å². The van der Waals surface area contributed by atoms with Crippen molar-refractivity contribution < 1.29 is 14.1 Å². The predicted octanol–water partition coefficient (Wildman–Crippen LogP) is 6.03. The van der Waals surface area contributed by atoms with Gasteiger partial charge in [0.1, 0.15) is 17.2 Å². The van der Waals surface area contributed by atoms with Crippen molar-refractivity contribution >= 4 is 40.5 Å². The molecule has 3 rings (SSSR count). The number of carbonyl (C=O) groups excluding carboxylic acids is 1. The first-order valence-electron chi connectivity index (χ1n) is 7.88. The van der Waals surface area contributed by atoms with Gasteiger partial charge in [0.2, 0.25) is 0 Å². The van der Waals surface area contributed by atoms with Crippen LogP contribution in [0.3, 0.4) is 0 Å². The number of halogens is 2. The number of benzene rings is 2. The van der Waals surface area contributed by atoms with Crippen LogP contribution in [0.4, 0.5) is 11.4 Å². The Kier molecular flexibility index (Phi) is 5.21. The summed E-state index contributed by atoms with van der Waals surface area (Å²) in [5.41, 5.74) is 1.54. The van der Waals surface area contributed by atoms with Crippen molar-refractivity contribution in [1.29, 1.82) is 0 Å². The summed E-state index contributed by atoms with van der Waals surface area (Å²) in [4.78, 5) is 23.3. The molecule has 1 N–H and O–H groups in total. The minimum absolute atomic E-state index is 0.114. The quantitative estimate of drug-likeness (QED) is 0.424. The summed E-state index contributed by atoms with van der Waals surface area (Å²) >= 11 is 12.0. The van der Waals surface area contributed by atoms with Crippen LogP contribution >= 0.6 is 23.2 Å². The van der Waals surface area contributed by atoms with Crippen LogP contribution in [0.15, 0.2) is 46.9 Å². The van der Waals surface area contributed by atoms with E-state index in [1.165, 1.54) is 12.1 Å². The second-order valence-corrected chi connectivity index (χ2v) is 6.84. The minimum Gasteiger partial charge on any atom is -0.461 e. The van der Waals surface area contributed by atoms with Gasteiger partial charge in [-0.25, -0.2) is 0 Å². The highest BCUT2D eigenvalue weighted by Gasteiger charge is 2.21. The number of carbonyl (C=O) groups is 1. The van der Waals surface area contributed by atoms with Gasteiger partial charge in [-0.3, -0.25) is 14.9 Å². The summed E-state index contributed by atoms with van der Waals surface area (Å²) < 4.78 is 5.65. The first-order chi connectivity index (χ1) is 12.7. The monoisotopic (exact) mass is 404 g/mol. The van der Waals surface area contributed by atoms with E-state index < -0.39 is 10.8 Å². The normalized spacial score (nSPS) is 10.7. The predicted molar refractivity (Wildman–Crippen MR) is 105 cm³/mol. The van der Waals surface area contributed by atoms with Crippen molar-refractivity contribution in [2.75, 3.05) is 5.32 Å². The zero-order valence-corrected chi connectivity index (χ0v) is 15.9. The number of amides is 1. The van der Waals surface area contributed by atoms with E-state index in [4.69, 9.17) is 27.6 Å². The minimum atomic E-state index is -0.537. The van der Waals surface area contributed by atoms with Crippen LogP contribution in [0.25, 0.3) is 11.3 Å². The molecule has 2 aromatic carbocycles. The highest BCUT2D eigenvalue weighted by atomic mass is 35.5. The molecular formula is C19H14Cl2N2O4. The van der Waals surface area contributed by atoms with Gasteiger partial charge in [-0.15, -0.1) is 0 Å². The molecule has 0 bridgehead atoms. The maximum Gasteiger partial charge on any atom is 0.293 e. The zero-order chi connectivity index (χ0) is 19.7. The second-order valence-electron chi connectivity index (χ2n) is 5.97. The Bertz CT molecular complexity index is 1040. The fourth-order valence-electron chi connectivity index (χ4n) is 2.63. The fraction of sp³-hybridized carbons (Fsp3) is 0.105. The molecule has 8 heteroatoms. The van der Waals surface area contributed by atoms with Gasteiger partial charge in [0, 0.05) is 21.7 Å². The third kappa shape index (κ3) is 4.13. The van der Waals surface area contributed by atoms with Crippen molar-refractivity contribution in [2.24, 2.45) is 0 Å². The van der Waals surface area contributed by atoms with Gasteiger partial charge < -0.3 is 9.73 Å².